The standard InChI is InChI=1S/C18H15N8/c1-25(13-7-3-2-4-8-13)17-22-16(19)23-18(24-17)26-11-15(21-12-26)14-9-5-6-10-20-14/h2-8,10-12H,1H3,(H2,19,22,23,24). The maximum Gasteiger partial charge on any atom is 0.241 e. The summed E-state index contributed by atoms with van der Waals surface area (Å²) in [6.45, 7) is 0. The monoisotopic (exact) mass is 343 g/mol. The second kappa shape index (κ2) is 6.60. The van der Waals surface area contributed by atoms with Gasteiger partial charge in [-0.1, -0.05) is 24.3 Å². The van der Waals surface area contributed by atoms with E-state index < -0.39 is 0 Å². The first-order chi connectivity index (χ1) is 12.7. The number of pyridine rings is 1. The molecule has 0 saturated carbocycles. The van der Waals surface area contributed by atoms with Crippen molar-refractivity contribution in [2.45, 2.75) is 0 Å². The Morgan fingerprint density at radius 2 is 1.88 bits per heavy atom. The van der Waals surface area contributed by atoms with E-state index in [1.807, 2.05) is 42.3 Å². The summed E-state index contributed by atoms with van der Waals surface area (Å²) in [6.07, 6.45) is 5.08. The molecule has 0 aliphatic carbocycles. The van der Waals surface area contributed by atoms with E-state index in [2.05, 4.69) is 31.0 Å². The Hall–Kier alpha value is -3.81. The minimum atomic E-state index is 0.132. The van der Waals surface area contributed by atoms with Crippen molar-refractivity contribution in [3.63, 3.8) is 0 Å². The summed E-state index contributed by atoms with van der Waals surface area (Å²) in [5.74, 6) is 0.954. The fourth-order valence-electron chi connectivity index (χ4n) is 2.42. The van der Waals surface area contributed by atoms with Gasteiger partial charge in [-0.05, 0) is 18.2 Å². The van der Waals surface area contributed by atoms with Crippen LogP contribution in [0.15, 0.2) is 61.2 Å². The molecule has 26 heavy (non-hydrogen) atoms. The maximum absolute atomic E-state index is 5.89. The molecule has 4 aromatic rings. The largest absolute Gasteiger partial charge is 0.368 e. The third kappa shape index (κ3) is 3.07. The number of para-hydroxylation sites is 1. The van der Waals surface area contributed by atoms with Crippen LogP contribution in [0.3, 0.4) is 0 Å². The fraction of sp³-hybridized carbons (Fsp3) is 0.0556. The van der Waals surface area contributed by atoms with Gasteiger partial charge in [-0.25, -0.2) is 4.98 Å². The van der Waals surface area contributed by atoms with Crippen LogP contribution in [0.5, 0.6) is 0 Å². The average Bonchev–Trinajstić information content (AvgIpc) is 3.19. The molecule has 0 spiro atoms. The lowest BCUT2D eigenvalue weighted by Crippen LogP contribution is -2.16. The molecule has 0 amide bonds. The van der Waals surface area contributed by atoms with Gasteiger partial charge in [0.15, 0.2) is 0 Å². The van der Waals surface area contributed by atoms with Crippen LogP contribution in [0.2, 0.25) is 0 Å². The summed E-state index contributed by atoms with van der Waals surface area (Å²) in [6, 6.07) is 16.4. The van der Waals surface area contributed by atoms with Crippen molar-refractivity contribution >= 4 is 17.6 Å². The van der Waals surface area contributed by atoms with Gasteiger partial charge in [-0.2, -0.15) is 15.0 Å². The van der Waals surface area contributed by atoms with E-state index in [9.17, 15) is 0 Å². The van der Waals surface area contributed by atoms with Crippen molar-refractivity contribution in [1.29, 1.82) is 0 Å². The Morgan fingerprint density at radius 3 is 2.65 bits per heavy atom. The predicted molar refractivity (Wildman–Crippen MR) is 97.9 cm³/mol. The van der Waals surface area contributed by atoms with Gasteiger partial charge in [0.2, 0.25) is 17.8 Å². The van der Waals surface area contributed by atoms with Gasteiger partial charge in [0.1, 0.15) is 12.0 Å². The number of hydrogen-bond donors (Lipinski definition) is 1. The van der Waals surface area contributed by atoms with Crippen LogP contribution in [-0.4, -0.2) is 36.5 Å². The summed E-state index contributed by atoms with van der Waals surface area (Å²) < 4.78 is 1.68. The maximum atomic E-state index is 5.89. The van der Waals surface area contributed by atoms with Crippen LogP contribution in [0.4, 0.5) is 17.6 Å². The molecule has 4 rings (SSSR count). The van der Waals surface area contributed by atoms with Crippen LogP contribution in [0, 0.1) is 6.07 Å². The summed E-state index contributed by atoms with van der Waals surface area (Å²) in [5, 5.41) is 0. The van der Waals surface area contributed by atoms with E-state index in [0.717, 1.165) is 5.69 Å². The number of nitrogens with zero attached hydrogens (tertiary/aromatic N) is 7. The van der Waals surface area contributed by atoms with E-state index in [-0.39, 0.29) is 5.95 Å². The molecule has 8 heteroatoms. The highest BCUT2D eigenvalue weighted by molar-refractivity contribution is 5.57. The number of aromatic nitrogens is 6. The predicted octanol–water partition coefficient (Wildman–Crippen LogP) is 2.27. The van der Waals surface area contributed by atoms with Crippen molar-refractivity contribution in [2.75, 3.05) is 17.7 Å². The molecule has 0 atom stereocenters. The van der Waals surface area contributed by atoms with Crippen LogP contribution in [0.1, 0.15) is 0 Å². The lowest BCUT2D eigenvalue weighted by molar-refractivity contribution is 0.887. The van der Waals surface area contributed by atoms with E-state index >= 15 is 0 Å². The van der Waals surface area contributed by atoms with Crippen molar-refractivity contribution in [2.24, 2.45) is 0 Å². The molecule has 3 aromatic heterocycles. The molecule has 127 valence electrons. The molecular formula is C18H15N8. The van der Waals surface area contributed by atoms with Crippen LogP contribution >= 0.6 is 0 Å². The average molecular weight is 343 g/mol. The van der Waals surface area contributed by atoms with E-state index in [0.29, 0.717) is 23.3 Å². The molecule has 8 nitrogen and oxygen atoms in total. The lowest BCUT2D eigenvalue weighted by Gasteiger charge is -2.17. The highest BCUT2D eigenvalue weighted by Gasteiger charge is 2.13. The Kier molecular flexibility index (Phi) is 3.98. The molecule has 1 aromatic carbocycles. The van der Waals surface area contributed by atoms with Gasteiger partial charge in [0.05, 0.1) is 5.69 Å². The van der Waals surface area contributed by atoms with Gasteiger partial charge in [0.25, 0.3) is 0 Å². The number of hydrogen-bond acceptors (Lipinski definition) is 7. The van der Waals surface area contributed by atoms with Crippen molar-refractivity contribution in [1.82, 2.24) is 29.5 Å². The topological polar surface area (TPSA) is 98.6 Å². The highest BCUT2D eigenvalue weighted by Crippen LogP contribution is 2.21. The molecule has 0 saturated heterocycles. The van der Waals surface area contributed by atoms with E-state index in [1.165, 1.54) is 0 Å². The van der Waals surface area contributed by atoms with Gasteiger partial charge >= 0.3 is 0 Å². The molecule has 0 aliphatic rings. The number of anilines is 3. The lowest BCUT2D eigenvalue weighted by atomic mass is 10.3. The fourth-order valence-corrected chi connectivity index (χ4v) is 2.42. The molecule has 0 aliphatic heterocycles. The van der Waals surface area contributed by atoms with Crippen LogP contribution in [0.25, 0.3) is 17.3 Å². The minimum Gasteiger partial charge on any atom is -0.368 e. The third-order valence-electron chi connectivity index (χ3n) is 3.73. The SMILES string of the molecule is CN(c1ccccc1)c1nc(N)nc(-n2cnc(-c3[c]cccn3)c2)n1. The van der Waals surface area contributed by atoms with Gasteiger partial charge in [-0.15, -0.1) is 0 Å². The molecule has 0 bridgehead atoms. The molecule has 0 unspecified atom stereocenters. The molecule has 3 heterocycles. The Labute approximate surface area is 150 Å². The zero-order chi connectivity index (χ0) is 17.9. The second-order valence-corrected chi connectivity index (χ2v) is 5.48. The molecule has 1 radical (unpaired) electrons. The first kappa shape index (κ1) is 15.7. The zero-order valence-electron chi connectivity index (χ0n) is 14.0. The second-order valence-electron chi connectivity index (χ2n) is 5.48. The third-order valence-corrected chi connectivity index (χ3v) is 3.73. The van der Waals surface area contributed by atoms with E-state index in [1.54, 1.807) is 35.4 Å². The minimum absolute atomic E-state index is 0.132. The Morgan fingerprint density at radius 1 is 1.04 bits per heavy atom. The molecule has 2 N–H and O–H groups in total. The molecule has 0 fully saturated rings. The Balaban J connectivity index is 1.70. The smallest absolute Gasteiger partial charge is 0.241 e. The first-order valence-corrected chi connectivity index (χ1v) is 7.88. The summed E-state index contributed by atoms with van der Waals surface area (Å²) >= 11 is 0. The number of imidazole rings is 1. The summed E-state index contributed by atoms with van der Waals surface area (Å²) in [5.41, 5.74) is 8.15. The van der Waals surface area contributed by atoms with Gasteiger partial charge in [0, 0.05) is 31.2 Å². The zero-order valence-corrected chi connectivity index (χ0v) is 14.0. The highest BCUT2D eigenvalue weighted by atomic mass is 15.3. The van der Waals surface area contributed by atoms with Crippen LogP contribution in [-0.2, 0) is 0 Å². The quantitative estimate of drug-likeness (QED) is 0.607. The number of rotatable bonds is 4. The first-order valence-electron chi connectivity index (χ1n) is 7.88. The summed E-state index contributed by atoms with van der Waals surface area (Å²) in [7, 11) is 1.87. The van der Waals surface area contributed by atoms with E-state index in [4.69, 9.17) is 5.73 Å². The van der Waals surface area contributed by atoms with Crippen molar-refractivity contribution in [3.05, 3.63) is 67.3 Å². The number of benzene rings is 1. The Bertz CT molecular complexity index is 1010. The van der Waals surface area contributed by atoms with Gasteiger partial charge in [-0.3, -0.25) is 9.55 Å². The van der Waals surface area contributed by atoms with Gasteiger partial charge < -0.3 is 10.6 Å². The molecular weight excluding hydrogens is 328 g/mol. The normalized spacial score (nSPS) is 10.7. The summed E-state index contributed by atoms with van der Waals surface area (Å²) in [4.78, 5) is 23.4. The number of nitrogens with two attached hydrogens (primary N) is 1. The number of nitrogen functional groups attached to an aromatic ring is 1. The van der Waals surface area contributed by atoms with Crippen LogP contribution < -0.4 is 10.6 Å². The van der Waals surface area contributed by atoms with Crippen molar-refractivity contribution in [3.8, 4) is 17.3 Å². The van der Waals surface area contributed by atoms with Crippen molar-refractivity contribution < 1.29 is 0 Å².